The van der Waals surface area contributed by atoms with Crippen LogP contribution in [0, 0.1) is 12.8 Å². The topological polar surface area (TPSA) is 88.9 Å². The first-order valence-electron chi connectivity index (χ1n) is 10.3. The summed E-state index contributed by atoms with van der Waals surface area (Å²) in [6, 6.07) is 11.9. The van der Waals surface area contributed by atoms with Gasteiger partial charge in [0, 0.05) is 17.8 Å². The number of nitrogens with one attached hydrogen (secondary N) is 2. The number of amides is 2. The molecule has 0 fully saturated rings. The molecule has 3 aromatic rings. The van der Waals surface area contributed by atoms with Crippen molar-refractivity contribution in [3.63, 3.8) is 0 Å². The third-order valence-electron chi connectivity index (χ3n) is 5.09. The van der Waals surface area contributed by atoms with Gasteiger partial charge < -0.3 is 15.2 Å². The van der Waals surface area contributed by atoms with Gasteiger partial charge in [0.2, 0.25) is 5.91 Å². The molecule has 0 radical (unpaired) electrons. The van der Waals surface area contributed by atoms with Gasteiger partial charge in [0.1, 0.15) is 0 Å². The van der Waals surface area contributed by atoms with Gasteiger partial charge in [0.15, 0.2) is 11.0 Å². The maximum atomic E-state index is 12.8. The van der Waals surface area contributed by atoms with E-state index in [1.54, 1.807) is 47.0 Å². The van der Waals surface area contributed by atoms with Crippen LogP contribution in [0.25, 0.3) is 0 Å². The van der Waals surface area contributed by atoms with Crippen LogP contribution in [0.1, 0.15) is 41.6 Å². The van der Waals surface area contributed by atoms with Crippen LogP contribution in [0.15, 0.2) is 47.6 Å². The van der Waals surface area contributed by atoms with Crippen LogP contribution >= 0.6 is 35.0 Å². The van der Waals surface area contributed by atoms with Crippen molar-refractivity contribution >= 4 is 52.5 Å². The molecule has 0 spiro atoms. The van der Waals surface area contributed by atoms with Crippen molar-refractivity contribution in [2.45, 2.75) is 32.0 Å². The molecule has 1 aromatic heterocycles. The van der Waals surface area contributed by atoms with Crippen LogP contribution < -0.4 is 10.6 Å². The second-order valence-electron chi connectivity index (χ2n) is 7.82. The molecule has 10 heteroatoms. The van der Waals surface area contributed by atoms with E-state index in [4.69, 9.17) is 23.2 Å². The highest BCUT2D eigenvalue weighted by molar-refractivity contribution is 7.99. The number of halogens is 2. The van der Waals surface area contributed by atoms with E-state index in [9.17, 15) is 9.59 Å². The molecule has 1 atom stereocenters. The van der Waals surface area contributed by atoms with E-state index >= 15 is 0 Å². The predicted molar refractivity (Wildman–Crippen MR) is 133 cm³/mol. The Balaban J connectivity index is 1.69. The summed E-state index contributed by atoms with van der Waals surface area (Å²) in [5, 5.41) is 15.9. The van der Waals surface area contributed by atoms with E-state index in [1.807, 2.05) is 27.8 Å². The highest BCUT2D eigenvalue weighted by Crippen LogP contribution is 2.26. The number of rotatable bonds is 8. The SMILES string of the molecule is Cc1c(Cl)cccc1NC(=O)CSc1nnc([C@H](NC(=O)c2ccccc2Cl)C(C)C)n1C. The second kappa shape index (κ2) is 11.0. The van der Waals surface area contributed by atoms with Crippen molar-refractivity contribution < 1.29 is 9.59 Å². The summed E-state index contributed by atoms with van der Waals surface area (Å²) in [5.74, 6) is 0.330. The fourth-order valence-corrected chi connectivity index (χ4v) is 4.29. The highest BCUT2D eigenvalue weighted by atomic mass is 35.5. The molecular weight excluding hydrogens is 481 g/mol. The minimum absolute atomic E-state index is 0.0475. The molecule has 2 amide bonds. The van der Waals surface area contributed by atoms with Crippen molar-refractivity contribution in [1.29, 1.82) is 0 Å². The first kappa shape index (κ1) is 25.1. The Kier molecular flexibility index (Phi) is 8.40. The molecule has 0 saturated carbocycles. The quantitative estimate of drug-likeness (QED) is 0.406. The fraction of sp³-hybridized carbons (Fsp3) is 0.304. The predicted octanol–water partition coefficient (Wildman–Crippen LogP) is 5.29. The van der Waals surface area contributed by atoms with Crippen LogP contribution in [0.4, 0.5) is 5.69 Å². The standard InChI is InChI=1S/C23H25Cl2N5O2S/c1-13(2)20(27-22(32)15-8-5-6-9-17(15)25)21-28-29-23(30(21)4)33-12-19(31)26-18-11-7-10-16(24)14(18)3/h5-11,13,20H,12H2,1-4H3,(H,26,31)(H,27,32)/t20-/m1/s1. The molecule has 2 aromatic carbocycles. The van der Waals surface area contributed by atoms with Crippen LogP contribution in [-0.2, 0) is 11.8 Å². The van der Waals surface area contributed by atoms with Crippen molar-refractivity contribution in [2.75, 3.05) is 11.1 Å². The third-order valence-corrected chi connectivity index (χ3v) is 6.85. The number of aromatic nitrogens is 3. The molecule has 174 valence electrons. The molecule has 33 heavy (non-hydrogen) atoms. The smallest absolute Gasteiger partial charge is 0.253 e. The van der Waals surface area contributed by atoms with E-state index in [0.717, 1.165) is 5.56 Å². The fourth-order valence-electron chi connectivity index (χ4n) is 3.18. The number of anilines is 1. The Labute approximate surface area is 207 Å². The summed E-state index contributed by atoms with van der Waals surface area (Å²) >= 11 is 13.5. The van der Waals surface area contributed by atoms with Crippen molar-refractivity contribution in [2.24, 2.45) is 13.0 Å². The van der Waals surface area contributed by atoms with Gasteiger partial charge in [-0.2, -0.15) is 0 Å². The summed E-state index contributed by atoms with van der Waals surface area (Å²) in [5.41, 5.74) is 1.89. The van der Waals surface area contributed by atoms with Crippen LogP contribution in [0.3, 0.4) is 0 Å². The van der Waals surface area contributed by atoms with Gasteiger partial charge >= 0.3 is 0 Å². The van der Waals surface area contributed by atoms with E-state index < -0.39 is 0 Å². The van der Waals surface area contributed by atoms with Crippen molar-refractivity contribution in [1.82, 2.24) is 20.1 Å². The molecule has 7 nitrogen and oxygen atoms in total. The lowest BCUT2D eigenvalue weighted by Crippen LogP contribution is -2.33. The lowest BCUT2D eigenvalue weighted by atomic mass is 10.0. The molecule has 0 aliphatic heterocycles. The number of benzene rings is 2. The average molecular weight is 506 g/mol. The molecule has 0 aliphatic carbocycles. The maximum Gasteiger partial charge on any atom is 0.253 e. The lowest BCUT2D eigenvalue weighted by molar-refractivity contribution is -0.113. The molecule has 2 N–H and O–H groups in total. The zero-order valence-corrected chi connectivity index (χ0v) is 21.1. The summed E-state index contributed by atoms with van der Waals surface area (Å²) in [7, 11) is 1.81. The van der Waals surface area contributed by atoms with Crippen LogP contribution in [0.2, 0.25) is 10.0 Å². The zero-order chi connectivity index (χ0) is 24.1. The molecule has 3 rings (SSSR count). The number of thioether (sulfide) groups is 1. The van der Waals surface area contributed by atoms with Crippen LogP contribution in [0.5, 0.6) is 0 Å². The first-order valence-corrected chi connectivity index (χ1v) is 12.1. The van der Waals surface area contributed by atoms with E-state index in [1.165, 1.54) is 11.8 Å². The largest absolute Gasteiger partial charge is 0.342 e. The van der Waals surface area contributed by atoms with Crippen molar-refractivity contribution in [3.05, 3.63) is 69.5 Å². The molecular formula is C23H25Cl2N5O2S. The average Bonchev–Trinajstić information content (AvgIpc) is 3.13. The van der Waals surface area contributed by atoms with Gasteiger partial charge in [-0.05, 0) is 42.7 Å². The van der Waals surface area contributed by atoms with Gasteiger partial charge in [-0.3, -0.25) is 9.59 Å². The third kappa shape index (κ3) is 6.07. The number of nitrogens with zero attached hydrogens (tertiary/aromatic N) is 3. The second-order valence-corrected chi connectivity index (χ2v) is 9.58. The highest BCUT2D eigenvalue weighted by Gasteiger charge is 2.26. The van der Waals surface area contributed by atoms with E-state index in [0.29, 0.717) is 32.3 Å². The van der Waals surface area contributed by atoms with E-state index in [2.05, 4.69) is 20.8 Å². The summed E-state index contributed by atoms with van der Waals surface area (Å²) in [4.78, 5) is 25.2. The Morgan fingerprint density at radius 3 is 2.45 bits per heavy atom. The number of hydrogen-bond acceptors (Lipinski definition) is 5. The van der Waals surface area contributed by atoms with Gasteiger partial charge in [-0.15, -0.1) is 10.2 Å². The molecule has 0 aliphatic rings. The minimum atomic E-state index is -0.386. The maximum absolute atomic E-state index is 12.8. The Hall–Kier alpha value is -2.55. The molecule has 0 saturated heterocycles. The number of hydrogen-bond donors (Lipinski definition) is 2. The van der Waals surface area contributed by atoms with Gasteiger partial charge in [0.25, 0.3) is 5.91 Å². The summed E-state index contributed by atoms with van der Waals surface area (Å²) < 4.78 is 1.79. The minimum Gasteiger partial charge on any atom is -0.342 e. The monoisotopic (exact) mass is 505 g/mol. The number of carbonyl (C=O) groups excluding carboxylic acids is 2. The van der Waals surface area contributed by atoms with Gasteiger partial charge in [-0.1, -0.05) is 67.0 Å². The van der Waals surface area contributed by atoms with Crippen LogP contribution in [-0.4, -0.2) is 32.3 Å². The summed E-state index contributed by atoms with van der Waals surface area (Å²) in [6.07, 6.45) is 0. The first-order chi connectivity index (χ1) is 15.7. The zero-order valence-electron chi connectivity index (χ0n) is 18.7. The molecule has 1 heterocycles. The molecule has 0 unspecified atom stereocenters. The molecule has 0 bridgehead atoms. The lowest BCUT2D eigenvalue weighted by Gasteiger charge is -2.22. The Morgan fingerprint density at radius 2 is 1.76 bits per heavy atom. The Morgan fingerprint density at radius 1 is 1.06 bits per heavy atom. The van der Waals surface area contributed by atoms with E-state index in [-0.39, 0.29) is 29.5 Å². The Bertz CT molecular complexity index is 1170. The number of carbonyl (C=O) groups is 2. The van der Waals surface area contributed by atoms with Gasteiger partial charge in [0.05, 0.1) is 22.4 Å². The normalized spacial score (nSPS) is 12.0. The summed E-state index contributed by atoms with van der Waals surface area (Å²) in [6.45, 7) is 5.82. The van der Waals surface area contributed by atoms with Crippen molar-refractivity contribution in [3.8, 4) is 0 Å². The van der Waals surface area contributed by atoms with Gasteiger partial charge in [-0.25, -0.2) is 0 Å².